The molecule has 214 valence electrons. The summed E-state index contributed by atoms with van der Waals surface area (Å²) in [6, 6.07) is 8.68. The van der Waals surface area contributed by atoms with Crippen molar-refractivity contribution in [1.82, 2.24) is 25.0 Å². The van der Waals surface area contributed by atoms with Gasteiger partial charge in [-0.15, -0.1) is 0 Å². The van der Waals surface area contributed by atoms with E-state index in [0.29, 0.717) is 35.6 Å². The largest absolute Gasteiger partial charge is 0.379 e. The molecule has 1 saturated carbocycles. The second-order valence-electron chi connectivity index (χ2n) is 10.6. The molecule has 1 unspecified atom stereocenters. The molecule has 6 rings (SSSR count). The number of piperidine rings is 1. The third-order valence-corrected chi connectivity index (χ3v) is 8.11. The molecule has 1 aromatic carbocycles. The van der Waals surface area contributed by atoms with Crippen LogP contribution in [0.3, 0.4) is 0 Å². The van der Waals surface area contributed by atoms with E-state index in [1.54, 1.807) is 41.3 Å². The normalized spacial score (nSPS) is 23.1. The van der Waals surface area contributed by atoms with E-state index in [1.165, 1.54) is 4.68 Å². The predicted molar refractivity (Wildman–Crippen MR) is 149 cm³/mol. The zero-order chi connectivity index (χ0) is 28.7. The van der Waals surface area contributed by atoms with Crippen LogP contribution in [0, 0.1) is 5.92 Å². The topological polar surface area (TPSA) is 174 Å². The number of rotatable bonds is 7. The van der Waals surface area contributed by atoms with Crippen LogP contribution in [0.1, 0.15) is 36.2 Å². The number of nitrogens with two attached hydrogens (primary N) is 1. The molecule has 2 bridgehead atoms. The number of benzene rings is 1. The van der Waals surface area contributed by atoms with E-state index in [2.05, 4.69) is 26.0 Å². The molecule has 41 heavy (non-hydrogen) atoms. The summed E-state index contributed by atoms with van der Waals surface area (Å²) in [6.45, 7) is 0.860. The Labute approximate surface area is 239 Å². The van der Waals surface area contributed by atoms with Gasteiger partial charge in [0.2, 0.25) is 11.8 Å². The van der Waals surface area contributed by atoms with Crippen molar-refractivity contribution in [2.45, 2.75) is 50.4 Å². The van der Waals surface area contributed by atoms with Crippen molar-refractivity contribution in [1.29, 1.82) is 0 Å². The quantitative estimate of drug-likeness (QED) is 0.310. The average Bonchev–Trinajstić information content (AvgIpc) is 3.73. The van der Waals surface area contributed by atoms with Crippen LogP contribution in [-0.2, 0) is 20.9 Å². The lowest BCUT2D eigenvalue weighted by atomic mass is 9.97. The summed E-state index contributed by atoms with van der Waals surface area (Å²) >= 11 is 5.96. The lowest BCUT2D eigenvalue weighted by Gasteiger charge is -2.34. The molecule has 0 spiro atoms. The summed E-state index contributed by atoms with van der Waals surface area (Å²) in [5, 5.41) is 13.4. The van der Waals surface area contributed by atoms with Crippen molar-refractivity contribution in [3.63, 3.8) is 0 Å². The molecule has 2 saturated heterocycles. The molecule has 14 heteroatoms. The van der Waals surface area contributed by atoms with E-state index in [0.717, 1.165) is 25.7 Å². The number of pyridine rings is 1. The highest BCUT2D eigenvalue weighted by molar-refractivity contribution is 6.29. The number of amides is 5. The van der Waals surface area contributed by atoms with E-state index in [1.807, 2.05) is 0 Å². The summed E-state index contributed by atoms with van der Waals surface area (Å²) in [7, 11) is 0. The Morgan fingerprint density at radius 1 is 1.10 bits per heavy atom. The van der Waals surface area contributed by atoms with Crippen LogP contribution in [0.5, 0.6) is 0 Å². The monoisotopic (exact) mass is 580 g/mol. The Hall–Kier alpha value is -4.23. The highest BCUT2D eigenvalue weighted by Gasteiger charge is 2.51. The number of nitrogens with zero attached hydrogens (tertiary/aromatic N) is 4. The molecule has 5 N–H and O–H groups in total. The first-order valence-electron chi connectivity index (χ1n) is 13.5. The van der Waals surface area contributed by atoms with Gasteiger partial charge in [-0.25, -0.2) is 9.78 Å². The smallest absolute Gasteiger partial charge is 0.319 e. The number of carbonyl (C=O) groups excluding carboxylic acids is 4. The highest BCUT2D eigenvalue weighted by Crippen LogP contribution is 2.43. The van der Waals surface area contributed by atoms with Crippen LogP contribution in [0.25, 0.3) is 10.9 Å². The van der Waals surface area contributed by atoms with Crippen LogP contribution in [-0.4, -0.2) is 74.8 Å². The van der Waals surface area contributed by atoms with Crippen LogP contribution in [0.15, 0.2) is 36.4 Å². The predicted octanol–water partition coefficient (Wildman–Crippen LogP) is 2.11. The van der Waals surface area contributed by atoms with E-state index >= 15 is 0 Å². The fourth-order valence-electron chi connectivity index (χ4n) is 6.13. The number of carbonyl (C=O) groups is 4. The Balaban J connectivity index is 1.21. The number of hydrogen-bond donors (Lipinski definition) is 4. The number of anilines is 2. The molecule has 13 nitrogen and oxygen atoms in total. The van der Waals surface area contributed by atoms with Gasteiger partial charge in [0, 0.05) is 23.7 Å². The van der Waals surface area contributed by atoms with Crippen molar-refractivity contribution in [2.24, 2.45) is 11.7 Å². The van der Waals surface area contributed by atoms with Gasteiger partial charge in [-0.2, -0.15) is 5.10 Å². The summed E-state index contributed by atoms with van der Waals surface area (Å²) in [6.07, 6.45) is 3.14. The van der Waals surface area contributed by atoms with Crippen molar-refractivity contribution < 1.29 is 23.9 Å². The van der Waals surface area contributed by atoms with Crippen LogP contribution in [0.4, 0.5) is 16.3 Å². The van der Waals surface area contributed by atoms with Crippen LogP contribution < -0.4 is 21.7 Å². The molecule has 5 amide bonds. The van der Waals surface area contributed by atoms with Gasteiger partial charge in [0.05, 0.1) is 18.2 Å². The van der Waals surface area contributed by atoms with Gasteiger partial charge < -0.3 is 31.3 Å². The Kier molecular flexibility index (Phi) is 7.22. The third kappa shape index (κ3) is 5.42. The van der Waals surface area contributed by atoms with Crippen molar-refractivity contribution in [3.05, 3.63) is 47.2 Å². The lowest BCUT2D eigenvalue weighted by molar-refractivity contribution is -0.141. The molecule has 3 aliphatic rings. The molecule has 1 aliphatic carbocycles. The van der Waals surface area contributed by atoms with Crippen molar-refractivity contribution >= 4 is 57.8 Å². The molecule has 4 heterocycles. The maximum Gasteiger partial charge on any atom is 0.319 e. The minimum Gasteiger partial charge on any atom is -0.379 e. The minimum atomic E-state index is -0.766. The summed E-state index contributed by atoms with van der Waals surface area (Å²) in [5.74, 6) is -1.03. The summed E-state index contributed by atoms with van der Waals surface area (Å²) < 4.78 is 6.69. The lowest BCUT2D eigenvalue weighted by Crippen LogP contribution is -2.52. The third-order valence-electron chi connectivity index (χ3n) is 7.90. The molecule has 4 atom stereocenters. The molecular formula is C27H29ClN8O5. The van der Waals surface area contributed by atoms with Gasteiger partial charge in [-0.05, 0) is 61.9 Å². The average molecular weight is 581 g/mol. The number of hydrogen-bond acceptors (Lipinski definition) is 7. The number of nitrogens with one attached hydrogen (secondary N) is 3. The van der Waals surface area contributed by atoms with E-state index in [9.17, 15) is 19.2 Å². The number of fused-ring (bicyclic) bond motifs is 3. The van der Waals surface area contributed by atoms with Crippen molar-refractivity contribution in [2.75, 3.05) is 23.8 Å². The number of aromatic nitrogens is 3. The number of likely N-dealkylation sites (tertiary alicyclic amines) is 1. The number of urea groups is 1. The van der Waals surface area contributed by atoms with E-state index in [4.69, 9.17) is 22.1 Å². The standard InChI is InChI=1S/C27H29ClN8O5/c28-20-2-1-3-21(32-20)33-26(39)24-14-4-6-17(10-14)36(24)22(37)12-35-19-7-5-15(11-18(19)23(34-35)25(29)38)30-27(40)31-16-8-9-41-13-16/h1-3,5,7,11,14,16-17,24H,4,6,8-10,12-13H2,(H2,29,38)(H2,30,31,40)(H,32,33,39)/t14-,16?,17+,24-/m0/s1. The fourth-order valence-corrected chi connectivity index (χ4v) is 6.30. The fraction of sp³-hybridized carbons (Fsp3) is 0.407. The maximum absolute atomic E-state index is 13.7. The molecular weight excluding hydrogens is 552 g/mol. The van der Waals surface area contributed by atoms with Gasteiger partial charge >= 0.3 is 6.03 Å². The molecule has 2 aromatic heterocycles. The Bertz CT molecular complexity index is 1540. The first kappa shape index (κ1) is 27.0. The number of ether oxygens (including phenoxy) is 1. The van der Waals surface area contributed by atoms with Gasteiger partial charge in [0.15, 0.2) is 5.69 Å². The summed E-state index contributed by atoms with van der Waals surface area (Å²) in [5.41, 5.74) is 6.52. The zero-order valence-electron chi connectivity index (χ0n) is 22.0. The second-order valence-corrected chi connectivity index (χ2v) is 11.0. The van der Waals surface area contributed by atoms with Gasteiger partial charge in [0.25, 0.3) is 5.91 Å². The first-order valence-corrected chi connectivity index (χ1v) is 13.8. The van der Waals surface area contributed by atoms with E-state index in [-0.39, 0.29) is 47.2 Å². The molecule has 3 aromatic rings. The molecule has 3 fully saturated rings. The van der Waals surface area contributed by atoms with Crippen LogP contribution in [0.2, 0.25) is 5.15 Å². The highest BCUT2D eigenvalue weighted by atomic mass is 35.5. The van der Waals surface area contributed by atoms with Gasteiger partial charge in [-0.1, -0.05) is 17.7 Å². The first-order chi connectivity index (χ1) is 19.8. The van der Waals surface area contributed by atoms with E-state index < -0.39 is 18.0 Å². The molecule has 0 radical (unpaired) electrons. The number of primary amides is 1. The molecule has 2 aliphatic heterocycles. The Morgan fingerprint density at radius 3 is 2.71 bits per heavy atom. The number of halogens is 1. The van der Waals surface area contributed by atoms with Gasteiger partial charge in [-0.3, -0.25) is 19.1 Å². The minimum absolute atomic E-state index is 0.0229. The summed E-state index contributed by atoms with van der Waals surface area (Å²) in [4.78, 5) is 57.4. The zero-order valence-corrected chi connectivity index (χ0v) is 22.8. The van der Waals surface area contributed by atoms with Gasteiger partial charge in [0.1, 0.15) is 23.6 Å². The van der Waals surface area contributed by atoms with Crippen molar-refractivity contribution in [3.8, 4) is 0 Å². The Morgan fingerprint density at radius 2 is 1.95 bits per heavy atom. The second kappa shape index (κ2) is 11.0. The SMILES string of the molecule is NC(=O)c1nn(CC(=O)N2[C@@H]3CC[C@@H](C3)[C@H]2C(=O)Nc2cccc(Cl)n2)c2ccc(NC(=O)NC3CCOC3)cc12. The maximum atomic E-state index is 13.7. The van der Waals surface area contributed by atoms with Crippen LogP contribution >= 0.6 is 11.6 Å².